The summed E-state index contributed by atoms with van der Waals surface area (Å²) in [5.74, 6) is 0.711. The Kier molecular flexibility index (Phi) is 4.49. The molecular weight excluding hydrogens is 246 g/mol. The molecule has 0 aliphatic carbocycles. The molecule has 0 radical (unpaired) electrons. The van der Waals surface area contributed by atoms with E-state index >= 15 is 0 Å². The van der Waals surface area contributed by atoms with E-state index in [-0.39, 0.29) is 5.91 Å². The van der Waals surface area contributed by atoms with E-state index in [1.807, 2.05) is 29.2 Å². The van der Waals surface area contributed by atoms with E-state index in [2.05, 4.69) is 11.9 Å². The molecule has 0 aromatic heterocycles. The SMILES string of the molecule is CN1CCN(C(=O)CSc2cccc(N)c2)CC1. The number of carbonyl (C=O) groups excluding carboxylic acids is 1. The molecule has 18 heavy (non-hydrogen) atoms. The number of nitrogens with two attached hydrogens (primary N) is 1. The summed E-state index contributed by atoms with van der Waals surface area (Å²) >= 11 is 1.55. The molecule has 1 aromatic rings. The van der Waals surface area contributed by atoms with Crippen molar-refractivity contribution >= 4 is 23.4 Å². The van der Waals surface area contributed by atoms with Crippen molar-refractivity contribution in [2.24, 2.45) is 0 Å². The molecule has 4 nitrogen and oxygen atoms in total. The van der Waals surface area contributed by atoms with Crippen LogP contribution in [0.1, 0.15) is 0 Å². The average molecular weight is 265 g/mol. The summed E-state index contributed by atoms with van der Waals surface area (Å²) in [6.45, 7) is 3.61. The Morgan fingerprint density at radius 3 is 2.72 bits per heavy atom. The quantitative estimate of drug-likeness (QED) is 0.657. The van der Waals surface area contributed by atoms with E-state index in [1.54, 1.807) is 11.8 Å². The number of carbonyl (C=O) groups is 1. The van der Waals surface area contributed by atoms with Gasteiger partial charge in [-0.05, 0) is 25.2 Å². The number of rotatable bonds is 3. The molecule has 0 bridgehead atoms. The lowest BCUT2D eigenvalue weighted by Crippen LogP contribution is -2.47. The molecule has 2 N–H and O–H groups in total. The number of nitrogens with zero attached hydrogens (tertiary/aromatic N) is 2. The van der Waals surface area contributed by atoms with Gasteiger partial charge in [-0.2, -0.15) is 0 Å². The van der Waals surface area contributed by atoms with E-state index < -0.39 is 0 Å². The third kappa shape index (κ3) is 3.65. The highest BCUT2D eigenvalue weighted by molar-refractivity contribution is 8.00. The monoisotopic (exact) mass is 265 g/mol. The minimum absolute atomic E-state index is 0.218. The number of hydrogen-bond donors (Lipinski definition) is 1. The second kappa shape index (κ2) is 6.11. The molecule has 1 amide bonds. The second-order valence-corrected chi connectivity index (χ2v) is 5.59. The highest BCUT2D eigenvalue weighted by Crippen LogP contribution is 2.20. The van der Waals surface area contributed by atoms with Crippen LogP contribution in [-0.2, 0) is 4.79 Å². The van der Waals surface area contributed by atoms with Gasteiger partial charge in [0.05, 0.1) is 5.75 Å². The van der Waals surface area contributed by atoms with Gasteiger partial charge in [-0.25, -0.2) is 0 Å². The number of hydrogen-bond acceptors (Lipinski definition) is 4. The van der Waals surface area contributed by atoms with Crippen LogP contribution >= 0.6 is 11.8 Å². The Balaban J connectivity index is 1.81. The first-order valence-electron chi connectivity index (χ1n) is 6.10. The van der Waals surface area contributed by atoms with Gasteiger partial charge in [0, 0.05) is 36.8 Å². The molecule has 98 valence electrons. The van der Waals surface area contributed by atoms with Crippen molar-refractivity contribution in [1.82, 2.24) is 9.80 Å². The minimum Gasteiger partial charge on any atom is -0.399 e. The van der Waals surface area contributed by atoms with Crippen molar-refractivity contribution in [1.29, 1.82) is 0 Å². The van der Waals surface area contributed by atoms with Crippen LogP contribution in [0.2, 0.25) is 0 Å². The van der Waals surface area contributed by atoms with Crippen LogP contribution in [0.5, 0.6) is 0 Å². The lowest BCUT2D eigenvalue weighted by Gasteiger charge is -2.32. The van der Waals surface area contributed by atoms with Crippen molar-refractivity contribution in [2.75, 3.05) is 44.7 Å². The van der Waals surface area contributed by atoms with Gasteiger partial charge >= 0.3 is 0 Å². The Morgan fingerprint density at radius 1 is 1.33 bits per heavy atom. The Morgan fingerprint density at radius 2 is 2.06 bits per heavy atom. The number of benzene rings is 1. The number of amides is 1. The van der Waals surface area contributed by atoms with Gasteiger partial charge in [-0.3, -0.25) is 4.79 Å². The van der Waals surface area contributed by atoms with Gasteiger partial charge in [0.25, 0.3) is 0 Å². The van der Waals surface area contributed by atoms with E-state index in [4.69, 9.17) is 5.73 Å². The van der Waals surface area contributed by atoms with Crippen LogP contribution in [0.4, 0.5) is 5.69 Å². The predicted octanol–water partition coefficient (Wildman–Crippen LogP) is 1.13. The maximum absolute atomic E-state index is 12.0. The van der Waals surface area contributed by atoms with E-state index in [9.17, 15) is 4.79 Å². The normalized spacial score (nSPS) is 16.8. The smallest absolute Gasteiger partial charge is 0.233 e. The number of likely N-dealkylation sites (N-methyl/N-ethyl adjacent to an activating group) is 1. The number of piperazine rings is 1. The zero-order valence-electron chi connectivity index (χ0n) is 10.6. The fourth-order valence-electron chi connectivity index (χ4n) is 1.90. The minimum atomic E-state index is 0.218. The molecule has 5 heteroatoms. The van der Waals surface area contributed by atoms with Crippen molar-refractivity contribution in [3.63, 3.8) is 0 Å². The first kappa shape index (κ1) is 13.2. The Hall–Kier alpha value is -1.20. The highest BCUT2D eigenvalue weighted by atomic mass is 32.2. The molecule has 0 unspecified atom stereocenters. The summed E-state index contributed by atoms with van der Waals surface area (Å²) in [7, 11) is 2.09. The molecule has 0 atom stereocenters. The topological polar surface area (TPSA) is 49.6 Å². The van der Waals surface area contributed by atoms with Crippen LogP contribution in [0.25, 0.3) is 0 Å². The van der Waals surface area contributed by atoms with Crippen LogP contribution in [-0.4, -0.2) is 54.7 Å². The van der Waals surface area contributed by atoms with Crippen molar-refractivity contribution < 1.29 is 4.79 Å². The largest absolute Gasteiger partial charge is 0.399 e. The van der Waals surface area contributed by atoms with Gasteiger partial charge in [-0.1, -0.05) is 6.07 Å². The second-order valence-electron chi connectivity index (χ2n) is 4.55. The molecule has 1 aliphatic heterocycles. The van der Waals surface area contributed by atoms with Crippen molar-refractivity contribution in [3.8, 4) is 0 Å². The third-order valence-corrected chi connectivity index (χ3v) is 4.05. The Labute approximate surface area is 112 Å². The van der Waals surface area contributed by atoms with Gasteiger partial charge in [0.15, 0.2) is 0 Å². The Bertz CT molecular complexity index is 416. The molecule has 1 aliphatic rings. The van der Waals surface area contributed by atoms with Crippen LogP contribution in [0.3, 0.4) is 0 Å². The summed E-state index contributed by atoms with van der Waals surface area (Å²) in [6.07, 6.45) is 0. The first-order valence-corrected chi connectivity index (χ1v) is 7.08. The fraction of sp³-hybridized carbons (Fsp3) is 0.462. The summed E-state index contributed by atoms with van der Waals surface area (Å²) in [6, 6.07) is 7.66. The molecule has 1 heterocycles. The van der Waals surface area contributed by atoms with E-state index in [0.717, 1.165) is 36.8 Å². The van der Waals surface area contributed by atoms with Gasteiger partial charge in [0.1, 0.15) is 0 Å². The standard InChI is InChI=1S/C13H19N3OS/c1-15-5-7-16(8-6-15)13(17)10-18-12-4-2-3-11(14)9-12/h2-4,9H,5-8,10,14H2,1H3. The summed E-state index contributed by atoms with van der Waals surface area (Å²) < 4.78 is 0. The zero-order valence-corrected chi connectivity index (χ0v) is 11.4. The summed E-state index contributed by atoms with van der Waals surface area (Å²) in [5, 5.41) is 0. The van der Waals surface area contributed by atoms with Crippen LogP contribution in [0.15, 0.2) is 29.2 Å². The maximum atomic E-state index is 12.0. The maximum Gasteiger partial charge on any atom is 0.233 e. The number of thioether (sulfide) groups is 1. The lowest BCUT2D eigenvalue weighted by atomic mass is 10.3. The van der Waals surface area contributed by atoms with Gasteiger partial charge in [0.2, 0.25) is 5.91 Å². The van der Waals surface area contributed by atoms with Gasteiger partial charge in [-0.15, -0.1) is 11.8 Å². The number of anilines is 1. The van der Waals surface area contributed by atoms with Gasteiger partial charge < -0.3 is 15.5 Å². The molecule has 1 aromatic carbocycles. The van der Waals surface area contributed by atoms with E-state index in [1.165, 1.54) is 0 Å². The molecule has 2 rings (SSSR count). The van der Waals surface area contributed by atoms with E-state index in [0.29, 0.717) is 5.75 Å². The van der Waals surface area contributed by atoms with Crippen molar-refractivity contribution in [3.05, 3.63) is 24.3 Å². The molecule has 0 spiro atoms. The zero-order chi connectivity index (χ0) is 13.0. The molecule has 1 fully saturated rings. The molecular formula is C13H19N3OS. The van der Waals surface area contributed by atoms with Crippen LogP contribution < -0.4 is 5.73 Å². The average Bonchev–Trinajstić information content (AvgIpc) is 2.37. The summed E-state index contributed by atoms with van der Waals surface area (Å²) in [4.78, 5) is 17.3. The van der Waals surface area contributed by atoms with Crippen molar-refractivity contribution in [2.45, 2.75) is 4.90 Å². The lowest BCUT2D eigenvalue weighted by molar-refractivity contribution is -0.129. The fourth-order valence-corrected chi connectivity index (χ4v) is 2.76. The van der Waals surface area contributed by atoms with Crippen LogP contribution in [0, 0.1) is 0 Å². The predicted molar refractivity (Wildman–Crippen MR) is 75.7 cm³/mol. The number of nitrogen functional groups attached to an aromatic ring is 1. The highest BCUT2D eigenvalue weighted by Gasteiger charge is 2.18. The third-order valence-electron chi connectivity index (χ3n) is 3.08. The molecule has 1 saturated heterocycles. The first-order chi connectivity index (χ1) is 8.65. The summed E-state index contributed by atoms with van der Waals surface area (Å²) in [5.41, 5.74) is 6.45. The molecule has 0 saturated carbocycles.